The van der Waals surface area contributed by atoms with Crippen molar-refractivity contribution < 1.29 is 13.2 Å². The van der Waals surface area contributed by atoms with Gasteiger partial charge in [0.15, 0.2) is 9.84 Å². The Kier molecular flexibility index (Phi) is 3.71. The maximum atomic E-state index is 12.3. The fraction of sp³-hybridized carbons (Fsp3) is 0.429. The number of nitrogens with zero attached hydrogens (tertiary/aromatic N) is 2. The smallest absolute Gasteiger partial charge is 0.226 e. The lowest BCUT2D eigenvalue weighted by Crippen LogP contribution is -2.33. The van der Waals surface area contributed by atoms with Crippen LogP contribution in [0, 0.1) is 5.92 Å². The van der Waals surface area contributed by atoms with Gasteiger partial charge in [0.2, 0.25) is 5.91 Å². The highest BCUT2D eigenvalue weighted by Gasteiger charge is 2.34. The molecule has 0 spiro atoms. The standard InChI is InChI=1S/C14H16N2O3S2/c1-16(14(17)10-6-7-21(18,19)9-10)8-13-15-11-4-2-3-5-12(11)20-13/h2-5,10H,6-9H2,1H3/t10-/m1/s1. The predicted octanol–water partition coefficient (Wildman–Crippen LogP) is 1.69. The van der Waals surface area contributed by atoms with Crippen LogP contribution >= 0.6 is 11.3 Å². The van der Waals surface area contributed by atoms with Gasteiger partial charge in [-0.15, -0.1) is 11.3 Å². The van der Waals surface area contributed by atoms with E-state index in [2.05, 4.69) is 4.98 Å². The van der Waals surface area contributed by atoms with E-state index < -0.39 is 15.8 Å². The lowest BCUT2D eigenvalue weighted by Gasteiger charge is -2.19. The van der Waals surface area contributed by atoms with E-state index in [1.54, 1.807) is 23.3 Å². The van der Waals surface area contributed by atoms with Gasteiger partial charge in [-0.25, -0.2) is 13.4 Å². The molecule has 1 aliphatic heterocycles. The number of aromatic nitrogens is 1. The highest BCUT2D eigenvalue weighted by Crippen LogP contribution is 2.24. The Morgan fingerprint density at radius 2 is 2.19 bits per heavy atom. The number of para-hydroxylation sites is 1. The Balaban J connectivity index is 1.71. The molecule has 0 saturated carbocycles. The van der Waals surface area contributed by atoms with Gasteiger partial charge < -0.3 is 4.90 Å². The zero-order valence-electron chi connectivity index (χ0n) is 11.7. The van der Waals surface area contributed by atoms with E-state index in [1.807, 2.05) is 24.3 Å². The summed E-state index contributed by atoms with van der Waals surface area (Å²) < 4.78 is 24.0. The molecule has 7 heteroatoms. The number of benzene rings is 1. The molecular formula is C14H16N2O3S2. The number of rotatable bonds is 3. The van der Waals surface area contributed by atoms with Crippen molar-refractivity contribution in [1.82, 2.24) is 9.88 Å². The minimum absolute atomic E-state index is 0.0178. The number of thiazole rings is 1. The van der Waals surface area contributed by atoms with Gasteiger partial charge in [-0.05, 0) is 18.6 Å². The Bertz CT molecular complexity index is 749. The summed E-state index contributed by atoms with van der Waals surface area (Å²) in [5.41, 5.74) is 0.932. The Hall–Kier alpha value is -1.47. The summed E-state index contributed by atoms with van der Waals surface area (Å²) in [5, 5.41) is 0.868. The van der Waals surface area contributed by atoms with Crippen LogP contribution in [-0.4, -0.2) is 42.8 Å². The molecular weight excluding hydrogens is 308 g/mol. The molecule has 1 fully saturated rings. The number of fused-ring (bicyclic) bond motifs is 1. The van der Waals surface area contributed by atoms with E-state index in [9.17, 15) is 13.2 Å². The maximum Gasteiger partial charge on any atom is 0.226 e. The van der Waals surface area contributed by atoms with Crippen molar-refractivity contribution in [2.24, 2.45) is 5.92 Å². The molecule has 2 heterocycles. The largest absolute Gasteiger partial charge is 0.339 e. The van der Waals surface area contributed by atoms with Crippen molar-refractivity contribution in [1.29, 1.82) is 0 Å². The van der Waals surface area contributed by atoms with Gasteiger partial charge in [0, 0.05) is 7.05 Å². The van der Waals surface area contributed by atoms with Crippen molar-refractivity contribution in [2.45, 2.75) is 13.0 Å². The fourth-order valence-electron chi connectivity index (χ4n) is 2.57. The van der Waals surface area contributed by atoms with Crippen molar-refractivity contribution >= 4 is 37.3 Å². The highest BCUT2D eigenvalue weighted by atomic mass is 32.2. The van der Waals surface area contributed by atoms with Crippen LogP contribution in [-0.2, 0) is 21.2 Å². The van der Waals surface area contributed by atoms with Crippen LogP contribution in [0.3, 0.4) is 0 Å². The Labute approximate surface area is 127 Å². The van der Waals surface area contributed by atoms with E-state index in [0.29, 0.717) is 13.0 Å². The van der Waals surface area contributed by atoms with Crippen LogP contribution in [0.2, 0.25) is 0 Å². The third kappa shape index (κ3) is 3.08. The van der Waals surface area contributed by atoms with E-state index in [1.165, 1.54) is 0 Å². The molecule has 0 radical (unpaired) electrons. The van der Waals surface area contributed by atoms with Gasteiger partial charge in [0.1, 0.15) is 5.01 Å². The van der Waals surface area contributed by atoms with Gasteiger partial charge in [0.25, 0.3) is 0 Å². The zero-order valence-corrected chi connectivity index (χ0v) is 13.3. The van der Waals surface area contributed by atoms with Gasteiger partial charge in [-0.2, -0.15) is 0 Å². The molecule has 1 saturated heterocycles. The molecule has 1 aromatic heterocycles. The second-order valence-electron chi connectivity index (χ2n) is 5.37. The molecule has 2 aromatic rings. The molecule has 1 aromatic carbocycles. The van der Waals surface area contributed by atoms with E-state index in [0.717, 1.165) is 15.2 Å². The van der Waals surface area contributed by atoms with Crippen LogP contribution in [0.15, 0.2) is 24.3 Å². The van der Waals surface area contributed by atoms with Crippen LogP contribution in [0.4, 0.5) is 0 Å². The number of hydrogen-bond donors (Lipinski definition) is 0. The van der Waals surface area contributed by atoms with E-state index in [4.69, 9.17) is 0 Å². The summed E-state index contributed by atoms with van der Waals surface area (Å²) >= 11 is 1.56. The number of carbonyl (C=O) groups excluding carboxylic acids is 1. The van der Waals surface area contributed by atoms with Gasteiger partial charge in [0.05, 0.1) is 34.2 Å². The van der Waals surface area contributed by atoms with Gasteiger partial charge in [-0.1, -0.05) is 12.1 Å². The van der Waals surface area contributed by atoms with Gasteiger partial charge >= 0.3 is 0 Å². The predicted molar refractivity (Wildman–Crippen MR) is 82.9 cm³/mol. The lowest BCUT2D eigenvalue weighted by atomic mass is 10.1. The first kappa shape index (κ1) is 14.5. The first-order chi connectivity index (χ1) is 9.94. The quantitative estimate of drug-likeness (QED) is 0.862. The van der Waals surface area contributed by atoms with Crippen LogP contribution in [0.1, 0.15) is 11.4 Å². The molecule has 1 atom stereocenters. The van der Waals surface area contributed by atoms with Crippen molar-refractivity contribution in [3.8, 4) is 0 Å². The van der Waals surface area contributed by atoms with Crippen LogP contribution in [0.5, 0.6) is 0 Å². The summed E-state index contributed by atoms with van der Waals surface area (Å²) in [5.74, 6) is -0.390. The topological polar surface area (TPSA) is 67.3 Å². The normalized spacial score (nSPS) is 20.7. The SMILES string of the molecule is CN(Cc1nc2ccccc2s1)C(=O)[C@@H]1CCS(=O)(=O)C1. The molecule has 0 bridgehead atoms. The molecule has 0 N–H and O–H groups in total. The second kappa shape index (κ2) is 5.38. The maximum absolute atomic E-state index is 12.3. The molecule has 0 aliphatic carbocycles. The second-order valence-corrected chi connectivity index (χ2v) is 8.71. The Morgan fingerprint density at radius 3 is 2.86 bits per heavy atom. The Morgan fingerprint density at radius 1 is 1.43 bits per heavy atom. The van der Waals surface area contributed by atoms with E-state index in [-0.39, 0.29) is 17.4 Å². The highest BCUT2D eigenvalue weighted by molar-refractivity contribution is 7.91. The summed E-state index contributed by atoms with van der Waals surface area (Å²) in [6.07, 6.45) is 0.436. The molecule has 1 amide bonds. The molecule has 3 rings (SSSR count). The molecule has 5 nitrogen and oxygen atoms in total. The minimum atomic E-state index is -3.03. The zero-order chi connectivity index (χ0) is 15.0. The average Bonchev–Trinajstić information content (AvgIpc) is 3.00. The molecule has 0 unspecified atom stereocenters. The van der Waals surface area contributed by atoms with Crippen molar-refractivity contribution in [3.05, 3.63) is 29.3 Å². The molecule has 112 valence electrons. The first-order valence-electron chi connectivity index (χ1n) is 6.74. The van der Waals surface area contributed by atoms with Gasteiger partial charge in [-0.3, -0.25) is 4.79 Å². The number of carbonyl (C=O) groups is 1. The number of sulfone groups is 1. The summed E-state index contributed by atoms with van der Waals surface area (Å²) in [4.78, 5) is 18.4. The summed E-state index contributed by atoms with van der Waals surface area (Å²) in [6.45, 7) is 0.425. The van der Waals surface area contributed by atoms with Crippen molar-refractivity contribution in [2.75, 3.05) is 18.6 Å². The molecule has 21 heavy (non-hydrogen) atoms. The van der Waals surface area contributed by atoms with E-state index >= 15 is 0 Å². The van der Waals surface area contributed by atoms with Crippen LogP contribution < -0.4 is 0 Å². The number of hydrogen-bond acceptors (Lipinski definition) is 5. The summed E-state index contributed by atoms with van der Waals surface area (Å²) in [7, 11) is -1.32. The molecule has 1 aliphatic rings. The third-order valence-corrected chi connectivity index (χ3v) is 6.46. The lowest BCUT2D eigenvalue weighted by molar-refractivity contribution is -0.133. The fourth-order valence-corrected chi connectivity index (χ4v) is 5.32. The van der Waals surface area contributed by atoms with Crippen LogP contribution in [0.25, 0.3) is 10.2 Å². The number of amides is 1. The third-order valence-electron chi connectivity index (χ3n) is 3.67. The van der Waals surface area contributed by atoms with Crippen molar-refractivity contribution in [3.63, 3.8) is 0 Å². The first-order valence-corrected chi connectivity index (χ1v) is 9.38. The monoisotopic (exact) mass is 324 g/mol. The average molecular weight is 324 g/mol. The summed E-state index contributed by atoms with van der Waals surface area (Å²) in [6, 6.07) is 7.84. The minimum Gasteiger partial charge on any atom is -0.339 e.